The number of carbonyl (C=O) groups excluding carboxylic acids is 1. The van der Waals surface area contributed by atoms with Crippen molar-refractivity contribution in [3.8, 4) is 5.75 Å². The van der Waals surface area contributed by atoms with E-state index in [-0.39, 0.29) is 17.7 Å². The molecular formula is C17H23F2NO2. The van der Waals surface area contributed by atoms with E-state index in [2.05, 4.69) is 10.1 Å². The van der Waals surface area contributed by atoms with Crippen LogP contribution < -0.4 is 10.1 Å². The van der Waals surface area contributed by atoms with Gasteiger partial charge in [0, 0.05) is 6.42 Å². The molecule has 1 amide bonds. The van der Waals surface area contributed by atoms with E-state index < -0.39 is 6.61 Å². The fraction of sp³-hybridized carbons (Fsp3) is 0.588. The Morgan fingerprint density at radius 3 is 2.73 bits per heavy atom. The van der Waals surface area contributed by atoms with Gasteiger partial charge in [0.1, 0.15) is 5.75 Å². The van der Waals surface area contributed by atoms with E-state index in [4.69, 9.17) is 0 Å². The summed E-state index contributed by atoms with van der Waals surface area (Å²) in [6.45, 7) is -0.994. The standard InChI is InChI=1S/C17H23F2NO2/c1-12(14-8-5-9-15(11-14)22-17(18)19)20-16(21)10-13-6-3-2-4-7-13/h5,8-9,11-13,17H,2-4,6-7,10H2,1H3,(H,20,21). The average molecular weight is 311 g/mol. The van der Waals surface area contributed by atoms with Crippen LogP contribution >= 0.6 is 0 Å². The number of nitrogens with one attached hydrogen (secondary N) is 1. The van der Waals surface area contributed by atoms with Crippen molar-refractivity contribution in [1.29, 1.82) is 0 Å². The Labute approximate surface area is 130 Å². The van der Waals surface area contributed by atoms with E-state index in [0.717, 1.165) is 18.4 Å². The highest BCUT2D eigenvalue weighted by Crippen LogP contribution is 2.27. The third-order valence-corrected chi connectivity index (χ3v) is 4.16. The highest BCUT2D eigenvalue weighted by atomic mass is 19.3. The van der Waals surface area contributed by atoms with Gasteiger partial charge < -0.3 is 10.1 Å². The van der Waals surface area contributed by atoms with Gasteiger partial charge in [-0.25, -0.2) is 0 Å². The van der Waals surface area contributed by atoms with Gasteiger partial charge in [0.15, 0.2) is 0 Å². The second kappa shape index (κ2) is 8.11. The Hall–Kier alpha value is -1.65. The third kappa shape index (κ3) is 5.28. The summed E-state index contributed by atoms with van der Waals surface area (Å²) in [5.74, 6) is 0.620. The van der Waals surface area contributed by atoms with Gasteiger partial charge >= 0.3 is 6.61 Å². The molecule has 1 unspecified atom stereocenters. The summed E-state index contributed by atoms with van der Waals surface area (Å²) in [6.07, 6.45) is 6.49. The SMILES string of the molecule is CC(NC(=O)CC1CCCCC1)c1cccc(OC(F)F)c1. The number of amides is 1. The van der Waals surface area contributed by atoms with Gasteiger partial charge in [0.2, 0.25) is 5.91 Å². The van der Waals surface area contributed by atoms with Crippen molar-refractivity contribution >= 4 is 5.91 Å². The van der Waals surface area contributed by atoms with E-state index >= 15 is 0 Å². The molecule has 1 aliphatic carbocycles. The summed E-state index contributed by atoms with van der Waals surface area (Å²) in [5.41, 5.74) is 0.759. The minimum Gasteiger partial charge on any atom is -0.435 e. The van der Waals surface area contributed by atoms with Crippen molar-refractivity contribution in [1.82, 2.24) is 5.32 Å². The molecule has 1 atom stereocenters. The molecule has 0 heterocycles. The normalized spacial score (nSPS) is 17.3. The molecule has 0 radical (unpaired) electrons. The number of carbonyl (C=O) groups is 1. The predicted molar refractivity (Wildman–Crippen MR) is 80.8 cm³/mol. The molecule has 1 N–H and O–H groups in total. The maximum atomic E-state index is 12.2. The second-order valence-corrected chi connectivity index (χ2v) is 5.95. The van der Waals surface area contributed by atoms with Crippen LogP contribution in [0.15, 0.2) is 24.3 Å². The van der Waals surface area contributed by atoms with Crippen molar-refractivity contribution in [2.75, 3.05) is 0 Å². The topological polar surface area (TPSA) is 38.3 Å². The van der Waals surface area contributed by atoms with Crippen LogP contribution in [0.4, 0.5) is 8.78 Å². The lowest BCUT2D eigenvalue weighted by Crippen LogP contribution is -2.28. The van der Waals surface area contributed by atoms with Crippen LogP contribution in [0.5, 0.6) is 5.75 Å². The van der Waals surface area contributed by atoms with Gasteiger partial charge in [-0.05, 0) is 43.4 Å². The Kier molecular flexibility index (Phi) is 6.16. The lowest BCUT2D eigenvalue weighted by Gasteiger charge is -2.22. The van der Waals surface area contributed by atoms with E-state index in [1.54, 1.807) is 12.1 Å². The molecule has 0 bridgehead atoms. The molecule has 0 saturated heterocycles. The molecule has 5 heteroatoms. The highest BCUT2D eigenvalue weighted by Gasteiger charge is 2.18. The van der Waals surface area contributed by atoms with E-state index in [9.17, 15) is 13.6 Å². The van der Waals surface area contributed by atoms with Gasteiger partial charge in [-0.1, -0.05) is 31.4 Å². The first-order valence-electron chi connectivity index (χ1n) is 7.88. The molecule has 0 aliphatic heterocycles. The molecule has 1 aromatic carbocycles. The van der Waals surface area contributed by atoms with Crippen LogP contribution in [0.3, 0.4) is 0 Å². The lowest BCUT2D eigenvalue weighted by atomic mass is 9.87. The van der Waals surface area contributed by atoms with Gasteiger partial charge in [-0.3, -0.25) is 4.79 Å². The van der Waals surface area contributed by atoms with Gasteiger partial charge in [-0.15, -0.1) is 0 Å². The number of benzene rings is 1. The molecule has 3 nitrogen and oxygen atoms in total. The van der Waals surface area contributed by atoms with Crippen LogP contribution in [0.25, 0.3) is 0 Å². The molecule has 1 aromatic rings. The first kappa shape index (κ1) is 16.7. The summed E-state index contributed by atoms with van der Waals surface area (Å²) in [7, 11) is 0. The van der Waals surface area contributed by atoms with Crippen molar-refractivity contribution in [2.45, 2.75) is 58.1 Å². The fourth-order valence-corrected chi connectivity index (χ4v) is 3.00. The summed E-state index contributed by atoms with van der Waals surface area (Å²) in [5, 5.41) is 2.94. The highest BCUT2D eigenvalue weighted by molar-refractivity contribution is 5.76. The molecule has 122 valence electrons. The van der Waals surface area contributed by atoms with Crippen LogP contribution in [0, 0.1) is 5.92 Å². The zero-order chi connectivity index (χ0) is 15.9. The first-order valence-corrected chi connectivity index (χ1v) is 7.88. The molecule has 22 heavy (non-hydrogen) atoms. The maximum absolute atomic E-state index is 12.2. The molecule has 1 aliphatic rings. The number of alkyl halides is 2. The summed E-state index contributed by atoms with van der Waals surface area (Å²) in [4.78, 5) is 12.1. The summed E-state index contributed by atoms with van der Waals surface area (Å²) < 4.78 is 28.8. The van der Waals surface area contributed by atoms with Crippen LogP contribution in [-0.4, -0.2) is 12.5 Å². The van der Waals surface area contributed by atoms with Crippen LogP contribution in [0.1, 0.15) is 57.1 Å². The van der Waals surface area contributed by atoms with Crippen LogP contribution in [0.2, 0.25) is 0 Å². The van der Waals surface area contributed by atoms with E-state index in [1.165, 1.54) is 31.4 Å². The minimum atomic E-state index is -2.84. The van der Waals surface area contributed by atoms with E-state index in [0.29, 0.717) is 12.3 Å². The minimum absolute atomic E-state index is 0.0274. The van der Waals surface area contributed by atoms with Gasteiger partial charge in [0.25, 0.3) is 0 Å². The largest absolute Gasteiger partial charge is 0.435 e. The molecule has 0 spiro atoms. The summed E-state index contributed by atoms with van der Waals surface area (Å²) >= 11 is 0. The lowest BCUT2D eigenvalue weighted by molar-refractivity contribution is -0.122. The Morgan fingerprint density at radius 1 is 1.32 bits per heavy atom. The molecule has 1 fully saturated rings. The van der Waals surface area contributed by atoms with Crippen molar-refractivity contribution in [3.63, 3.8) is 0 Å². The number of hydrogen-bond donors (Lipinski definition) is 1. The molecule has 2 rings (SSSR count). The first-order chi connectivity index (χ1) is 10.5. The second-order valence-electron chi connectivity index (χ2n) is 5.95. The number of hydrogen-bond acceptors (Lipinski definition) is 2. The van der Waals surface area contributed by atoms with Crippen molar-refractivity contribution < 1.29 is 18.3 Å². The third-order valence-electron chi connectivity index (χ3n) is 4.16. The predicted octanol–water partition coefficient (Wildman–Crippen LogP) is 4.44. The quantitative estimate of drug-likeness (QED) is 0.843. The monoisotopic (exact) mass is 311 g/mol. The Morgan fingerprint density at radius 2 is 2.05 bits per heavy atom. The Bertz CT molecular complexity index is 487. The average Bonchev–Trinajstić information content (AvgIpc) is 2.47. The molecular weight excluding hydrogens is 288 g/mol. The zero-order valence-corrected chi connectivity index (χ0v) is 12.9. The molecule has 1 saturated carbocycles. The van der Waals surface area contributed by atoms with Crippen molar-refractivity contribution in [2.24, 2.45) is 5.92 Å². The van der Waals surface area contributed by atoms with Gasteiger partial charge in [-0.2, -0.15) is 8.78 Å². The number of ether oxygens (including phenoxy) is 1. The fourth-order valence-electron chi connectivity index (χ4n) is 3.00. The summed E-state index contributed by atoms with van der Waals surface area (Å²) in [6, 6.07) is 6.24. The Balaban J connectivity index is 1.87. The maximum Gasteiger partial charge on any atom is 0.387 e. The van der Waals surface area contributed by atoms with Gasteiger partial charge in [0.05, 0.1) is 6.04 Å². The van der Waals surface area contributed by atoms with E-state index in [1.807, 2.05) is 6.92 Å². The number of rotatable bonds is 6. The van der Waals surface area contributed by atoms with Crippen LogP contribution in [-0.2, 0) is 4.79 Å². The molecule has 0 aromatic heterocycles. The van der Waals surface area contributed by atoms with Crippen molar-refractivity contribution in [3.05, 3.63) is 29.8 Å². The number of halogens is 2. The smallest absolute Gasteiger partial charge is 0.387 e. The zero-order valence-electron chi connectivity index (χ0n) is 12.9.